The van der Waals surface area contributed by atoms with Crippen molar-refractivity contribution in [2.45, 2.75) is 38.6 Å². The lowest BCUT2D eigenvalue weighted by Gasteiger charge is -2.22. The molecule has 4 rings (SSSR count). The van der Waals surface area contributed by atoms with Gasteiger partial charge in [-0.2, -0.15) is 10.2 Å². The van der Waals surface area contributed by atoms with Crippen molar-refractivity contribution in [3.8, 4) is 5.69 Å². The van der Waals surface area contributed by atoms with Gasteiger partial charge >= 0.3 is 0 Å². The Hall–Kier alpha value is -2.51. The van der Waals surface area contributed by atoms with Crippen molar-refractivity contribution in [1.29, 1.82) is 0 Å². The number of fused-ring (bicyclic) bond motifs is 1. The average molecular weight is 338 g/mol. The van der Waals surface area contributed by atoms with Crippen molar-refractivity contribution in [3.05, 3.63) is 59.9 Å². The quantitative estimate of drug-likeness (QED) is 0.746. The van der Waals surface area contributed by atoms with Crippen molar-refractivity contribution in [3.63, 3.8) is 0 Å². The summed E-state index contributed by atoms with van der Waals surface area (Å²) in [5.41, 5.74) is 2.22. The van der Waals surface area contributed by atoms with E-state index in [9.17, 15) is 0 Å². The highest BCUT2D eigenvalue weighted by atomic mass is 16.5. The van der Waals surface area contributed by atoms with Gasteiger partial charge < -0.3 is 10.1 Å². The molecule has 1 aliphatic heterocycles. The van der Waals surface area contributed by atoms with Gasteiger partial charge in [-0.25, -0.2) is 14.3 Å². The van der Waals surface area contributed by atoms with Gasteiger partial charge in [-0.05, 0) is 25.0 Å². The van der Waals surface area contributed by atoms with Gasteiger partial charge in [-0.15, -0.1) is 0 Å². The molecule has 1 aromatic carbocycles. The second-order valence-corrected chi connectivity index (χ2v) is 6.25. The number of benzene rings is 1. The van der Waals surface area contributed by atoms with Crippen LogP contribution in [0.2, 0.25) is 0 Å². The van der Waals surface area contributed by atoms with E-state index in [0.29, 0.717) is 6.61 Å². The number of rotatable bonds is 6. The maximum absolute atomic E-state index is 5.15. The largest absolute Gasteiger partial charge is 0.377 e. The molecule has 7 heteroatoms. The van der Waals surface area contributed by atoms with Gasteiger partial charge in [-0.3, -0.25) is 0 Å². The Balaban J connectivity index is 1.43. The Morgan fingerprint density at radius 1 is 1.28 bits per heavy atom. The van der Waals surface area contributed by atoms with Crippen LogP contribution in [0.1, 0.15) is 36.1 Å². The highest BCUT2D eigenvalue weighted by Gasteiger charge is 2.23. The van der Waals surface area contributed by atoms with Crippen LogP contribution in [-0.4, -0.2) is 31.7 Å². The molecule has 1 N–H and O–H groups in total. The topological polar surface area (TPSA) is 69.8 Å². The lowest BCUT2D eigenvalue weighted by molar-refractivity contribution is 0.177. The van der Waals surface area contributed by atoms with Crippen LogP contribution in [0.4, 0.5) is 0 Å². The van der Waals surface area contributed by atoms with E-state index in [1.807, 2.05) is 45.9 Å². The lowest BCUT2D eigenvalue weighted by Crippen LogP contribution is -2.28. The highest BCUT2D eigenvalue weighted by Crippen LogP contribution is 2.23. The van der Waals surface area contributed by atoms with Gasteiger partial charge in [0, 0.05) is 32.0 Å². The van der Waals surface area contributed by atoms with Gasteiger partial charge in [0.2, 0.25) is 0 Å². The summed E-state index contributed by atoms with van der Waals surface area (Å²) in [5.74, 6) is 1.76. The molecule has 1 atom stereocenters. The minimum absolute atomic E-state index is 0.215. The van der Waals surface area contributed by atoms with E-state index in [-0.39, 0.29) is 6.04 Å². The number of ether oxygens (including phenoxy) is 1. The SMILES string of the molecule is COCc1nc2n(n1)CCCC2NCc1cnn(-c2ccccc2)c1. The number of hydrogen-bond acceptors (Lipinski definition) is 5. The van der Waals surface area contributed by atoms with E-state index in [4.69, 9.17) is 4.74 Å². The minimum atomic E-state index is 0.215. The van der Waals surface area contributed by atoms with Crippen LogP contribution in [-0.2, 0) is 24.4 Å². The molecule has 2 aromatic heterocycles. The zero-order valence-corrected chi connectivity index (χ0v) is 14.3. The summed E-state index contributed by atoms with van der Waals surface area (Å²) in [4.78, 5) is 4.63. The summed E-state index contributed by atoms with van der Waals surface area (Å²) in [6.45, 7) is 2.14. The van der Waals surface area contributed by atoms with Crippen molar-refractivity contribution < 1.29 is 4.74 Å². The second kappa shape index (κ2) is 7.16. The number of aryl methyl sites for hydroxylation is 1. The first-order valence-corrected chi connectivity index (χ1v) is 8.58. The summed E-state index contributed by atoms with van der Waals surface area (Å²) < 4.78 is 9.05. The predicted molar refractivity (Wildman–Crippen MR) is 93.1 cm³/mol. The van der Waals surface area contributed by atoms with Crippen molar-refractivity contribution in [2.75, 3.05) is 7.11 Å². The normalized spacial score (nSPS) is 16.8. The van der Waals surface area contributed by atoms with Gasteiger partial charge in [0.25, 0.3) is 0 Å². The van der Waals surface area contributed by atoms with E-state index < -0.39 is 0 Å². The molecule has 0 saturated carbocycles. The molecule has 130 valence electrons. The summed E-state index contributed by atoms with van der Waals surface area (Å²) in [6.07, 6.45) is 6.14. The third-order valence-electron chi connectivity index (χ3n) is 4.40. The minimum Gasteiger partial charge on any atom is -0.377 e. The fourth-order valence-electron chi connectivity index (χ4n) is 3.20. The Morgan fingerprint density at radius 3 is 3.00 bits per heavy atom. The average Bonchev–Trinajstić information content (AvgIpc) is 3.28. The number of hydrogen-bond donors (Lipinski definition) is 1. The molecule has 0 amide bonds. The summed E-state index contributed by atoms with van der Waals surface area (Å²) >= 11 is 0. The number of nitrogens with zero attached hydrogens (tertiary/aromatic N) is 5. The molecule has 0 saturated heterocycles. The number of para-hydroxylation sites is 1. The molecular formula is C18H22N6O. The van der Waals surface area contributed by atoms with Crippen LogP contribution >= 0.6 is 0 Å². The highest BCUT2D eigenvalue weighted by molar-refractivity contribution is 5.30. The molecule has 1 unspecified atom stereocenters. The van der Waals surface area contributed by atoms with Crippen LogP contribution in [0.3, 0.4) is 0 Å². The summed E-state index contributed by atoms with van der Waals surface area (Å²) in [6, 6.07) is 10.3. The van der Waals surface area contributed by atoms with Crippen LogP contribution < -0.4 is 5.32 Å². The fraction of sp³-hybridized carbons (Fsp3) is 0.389. The molecule has 25 heavy (non-hydrogen) atoms. The molecule has 0 aliphatic carbocycles. The molecular weight excluding hydrogens is 316 g/mol. The monoisotopic (exact) mass is 338 g/mol. The van der Waals surface area contributed by atoms with Gasteiger partial charge in [-0.1, -0.05) is 18.2 Å². The van der Waals surface area contributed by atoms with E-state index in [2.05, 4.69) is 26.7 Å². The van der Waals surface area contributed by atoms with Gasteiger partial charge in [0.1, 0.15) is 12.4 Å². The third kappa shape index (κ3) is 3.47. The molecule has 3 aromatic rings. The molecule has 0 fully saturated rings. The van der Waals surface area contributed by atoms with Crippen LogP contribution in [0.15, 0.2) is 42.7 Å². The Kier molecular flexibility index (Phi) is 4.58. The molecule has 1 aliphatic rings. The van der Waals surface area contributed by atoms with Gasteiger partial charge in [0.05, 0.1) is 17.9 Å². The van der Waals surface area contributed by atoms with Crippen LogP contribution in [0.5, 0.6) is 0 Å². The third-order valence-corrected chi connectivity index (χ3v) is 4.40. The maximum Gasteiger partial charge on any atom is 0.176 e. The predicted octanol–water partition coefficient (Wildman–Crippen LogP) is 2.23. The molecule has 7 nitrogen and oxygen atoms in total. The van der Waals surface area contributed by atoms with Crippen molar-refractivity contribution >= 4 is 0 Å². The number of aromatic nitrogens is 5. The van der Waals surface area contributed by atoms with E-state index in [0.717, 1.165) is 48.8 Å². The summed E-state index contributed by atoms with van der Waals surface area (Å²) in [5, 5.41) is 12.6. The molecule has 0 bridgehead atoms. The van der Waals surface area contributed by atoms with Crippen LogP contribution in [0, 0.1) is 0 Å². The Bertz CT molecular complexity index is 825. The van der Waals surface area contributed by atoms with Crippen molar-refractivity contribution in [1.82, 2.24) is 29.9 Å². The standard InChI is InChI=1S/C18H22N6O/c1-25-13-17-21-18-16(8-5-9-23(18)22-17)19-10-14-11-20-24(12-14)15-6-3-2-4-7-15/h2-4,6-7,11-12,16,19H,5,8-10,13H2,1H3. The fourth-order valence-corrected chi connectivity index (χ4v) is 3.20. The maximum atomic E-state index is 5.15. The Morgan fingerprint density at radius 2 is 2.16 bits per heavy atom. The smallest absolute Gasteiger partial charge is 0.176 e. The summed E-state index contributed by atoms with van der Waals surface area (Å²) in [7, 11) is 1.67. The first-order valence-electron chi connectivity index (χ1n) is 8.58. The first-order chi connectivity index (χ1) is 12.3. The molecule has 0 radical (unpaired) electrons. The second-order valence-electron chi connectivity index (χ2n) is 6.25. The first kappa shape index (κ1) is 16.0. The van der Waals surface area contributed by atoms with E-state index in [1.54, 1.807) is 7.11 Å². The lowest BCUT2D eigenvalue weighted by atomic mass is 10.1. The zero-order chi connectivity index (χ0) is 17.1. The van der Waals surface area contributed by atoms with E-state index >= 15 is 0 Å². The Labute approximate surface area is 146 Å². The van der Waals surface area contributed by atoms with Gasteiger partial charge in [0.15, 0.2) is 5.82 Å². The molecule has 0 spiro atoms. The zero-order valence-electron chi connectivity index (χ0n) is 14.3. The number of methoxy groups -OCH3 is 1. The number of nitrogens with one attached hydrogen (secondary N) is 1. The van der Waals surface area contributed by atoms with Crippen molar-refractivity contribution in [2.24, 2.45) is 0 Å². The van der Waals surface area contributed by atoms with Crippen LogP contribution in [0.25, 0.3) is 5.69 Å². The molecule has 3 heterocycles. The van der Waals surface area contributed by atoms with E-state index in [1.165, 1.54) is 0 Å².